The molecule has 0 bridgehead atoms. The second-order valence-corrected chi connectivity index (χ2v) is 7.35. The van der Waals surface area contributed by atoms with E-state index in [2.05, 4.69) is 15.7 Å². The third-order valence-corrected chi connectivity index (χ3v) is 3.77. The third kappa shape index (κ3) is 5.86. The molecule has 2 rings (SSSR count). The molecule has 0 aliphatic carbocycles. The van der Waals surface area contributed by atoms with Crippen LogP contribution < -0.4 is 10.6 Å². The number of carbonyl (C=O) groups excluding carboxylic acids is 2. The second-order valence-electron chi connectivity index (χ2n) is 6.57. The first-order valence-corrected chi connectivity index (χ1v) is 8.37. The number of hydrogen-bond acceptors (Lipinski definition) is 4. The van der Waals surface area contributed by atoms with E-state index in [4.69, 9.17) is 0 Å². The van der Waals surface area contributed by atoms with Gasteiger partial charge >= 0.3 is 0 Å². The summed E-state index contributed by atoms with van der Waals surface area (Å²) in [6.07, 6.45) is 2.02. The summed E-state index contributed by atoms with van der Waals surface area (Å²) in [5.74, 6) is 0.227. The molecule has 2 heterocycles. The van der Waals surface area contributed by atoms with Gasteiger partial charge in [0.15, 0.2) is 0 Å². The molecular weight excluding hydrogens is 312 g/mol. The molecule has 0 radical (unpaired) electrons. The van der Waals surface area contributed by atoms with Crippen molar-refractivity contribution in [3.8, 4) is 0 Å². The van der Waals surface area contributed by atoms with Crippen molar-refractivity contribution in [3.63, 3.8) is 0 Å². The minimum absolute atomic E-state index is 0.0431. The van der Waals surface area contributed by atoms with Crippen LogP contribution in [0.5, 0.6) is 0 Å². The summed E-state index contributed by atoms with van der Waals surface area (Å²) in [7, 11) is 0. The fourth-order valence-electron chi connectivity index (χ4n) is 2.03. The molecule has 2 amide bonds. The molecule has 6 nitrogen and oxygen atoms in total. The monoisotopic (exact) mass is 334 g/mol. The molecule has 0 aliphatic rings. The Kier molecular flexibility index (Phi) is 5.54. The largest absolute Gasteiger partial charge is 0.347 e. The smallest absolute Gasteiger partial charge is 0.244 e. The van der Waals surface area contributed by atoms with Crippen molar-refractivity contribution in [2.75, 3.05) is 11.9 Å². The van der Waals surface area contributed by atoms with Crippen LogP contribution >= 0.6 is 11.3 Å². The van der Waals surface area contributed by atoms with E-state index in [0.29, 0.717) is 18.8 Å². The number of nitrogens with one attached hydrogen (secondary N) is 2. The summed E-state index contributed by atoms with van der Waals surface area (Å²) in [5, 5.41) is 13.7. The van der Waals surface area contributed by atoms with Crippen molar-refractivity contribution in [1.29, 1.82) is 0 Å². The molecule has 2 aromatic heterocycles. The van der Waals surface area contributed by atoms with E-state index < -0.39 is 0 Å². The van der Waals surface area contributed by atoms with Gasteiger partial charge in [0.05, 0.1) is 19.3 Å². The van der Waals surface area contributed by atoms with Crippen molar-refractivity contribution in [3.05, 3.63) is 34.7 Å². The van der Waals surface area contributed by atoms with Crippen LogP contribution in [0.25, 0.3) is 0 Å². The number of aromatic nitrogens is 2. The summed E-state index contributed by atoms with van der Waals surface area (Å²) >= 11 is 1.62. The lowest BCUT2D eigenvalue weighted by molar-refractivity contribution is -0.125. The Morgan fingerprint density at radius 3 is 2.70 bits per heavy atom. The first-order valence-electron chi connectivity index (χ1n) is 7.43. The number of amides is 2. The molecule has 0 aliphatic heterocycles. The van der Waals surface area contributed by atoms with Crippen LogP contribution in [0.3, 0.4) is 0 Å². The Hall–Kier alpha value is -2.15. The highest BCUT2D eigenvalue weighted by Gasteiger charge is 2.16. The first-order chi connectivity index (χ1) is 10.8. The van der Waals surface area contributed by atoms with Gasteiger partial charge in [-0.2, -0.15) is 16.4 Å². The van der Waals surface area contributed by atoms with Crippen molar-refractivity contribution in [1.82, 2.24) is 15.1 Å². The lowest BCUT2D eigenvalue weighted by Gasteiger charge is -2.17. The van der Waals surface area contributed by atoms with Gasteiger partial charge in [-0.05, 0) is 27.8 Å². The highest BCUT2D eigenvalue weighted by molar-refractivity contribution is 7.07. The van der Waals surface area contributed by atoms with Gasteiger partial charge in [-0.3, -0.25) is 9.59 Å². The van der Waals surface area contributed by atoms with E-state index in [0.717, 1.165) is 5.56 Å². The highest BCUT2D eigenvalue weighted by atomic mass is 32.1. The maximum Gasteiger partial charge on any atom is 0.244 e. The minimum Gasteiger partial charge on any atom is -0.347 e. The van der Waals surface area contributed by atoms with Gasteiger partial charge in [0, 0.05) is 12.5 Å². The molecule has 0 spiro atoms. The molecule has 0 saturated heterocycles. The zero-order valence-electron chi connectivity index (χ0n) is 13.6. The number of hydrogen-bond donors (Lipinski definition) is 2. The number of nitrogens with zero attached hydrogens (tertiary/aromatic N) is 2. The number of carbonyl (C=O) groups is 2. The summed E-state index contributed by atoms with van der Waals surface area (Å²) in [5.41, 5.74) is 1.03. The lowest BCUT2D eigenvalue weighted by atomic mass is 9.92. The van der Waals surface area contributed by atoms with Gasteiger partial charge in [0.2, 0.25) is 11.8 Å². The maximum absolute atomic E-state index is 12.0. The molecule has 0 atom stereocenters. The van der Waals surface area contributed by atoms with Gasteiger partial charge in [0.25, 0.3) is 0 Å². The molecule has 2 aromatic rings. The molecule has 0 aromatic carbocycles. The molecular formula is C16H22N4O2S. The average Bonchev–Trinajstić information content (AvgIpc) is 3.08. The van der Waals surface area contributed by atoms with Crippen LogP contribution in [0.15, 0.2) is 29.1 Å². The topological polar surface area (TPSA) is 76.0 Å². The van der Waals surface area contributed by atoms with Crippen molar-refractivity contribution < 1.29 is 9.59 Å². The summed E-state index contributed by atoms with van der Waals surface area (Å²) in [6, 6.07) is 3.76. The molecule has 124 valence electrons. The standard InChI is InChI=1S/C16H22N4O2S/c1-16(2,3)8-14(21)17-9-15(22)19-13-4-6-18-20(13)10-12-5-7-23-11-12/h4-7,11H,8-10H2,1-3H3,(H,17,21)(H,19,22). The molecule has 7 heteroatoms. The van der Waals surface area contributed by atoms with E-state index in [-0.39, 0.29) is 23.8 Å². The second kappa shape index (κ2) is 7.41. The van der Waals surface area contributed by atoms with Crippen LogP contribution in [0, 0.1) is 5.41 Å². The Labute approximate surface area is 139 Å². The molecule has 23 heavy (non-hydrogen) atoms. The molecule has 0 saturated carbocycles. The minimum atomic E-state index is -0.265. The Bertz CT molecular complexity index is 656. The van der Waals surface area contributed by atoms with E-state index in [1.54, 1.807) is 28.3 Å². The van der Waals surface area contributed by atoms with Gasteiger partial charge < -0.3 is 10.6 Å². The van der Waals surface area contributed by atoms with Gasteiger partial charge in [-0.25, -0.2) is 4.68 Å². The first kappa shape index (κ1) is 17.2. The highest BCUT2D eigenvalue weighted by Crippen LogP contribution is 2.17. The van der Waals surface area contributed by atoms with E-state index in [1.165, 1.54) is 0 Å². The SMILES string of the molecule is CC(C)(C)CC(=O)NCC(=O)Nc1ccnn1Cc1ccsc1. The fourth-order valence-corrected chi connectivity index (χ4v) is 2.69. The lowest BCUT2D eigenvalue weighted by Crippen LogP contribution is -2.35. The predicted molar refractivity (Wildman–Crippen MR) is 91.4 cm³/mol. The Morgan fingerprint density at radius 1 is 1.26 bits per heavy atom. The molecule has 2 N–H and O–H groups in total. The zero-order chi connectivity index (χ0) is 16.9. The number of thiophene rings is 1. The third-order valence-electron chi connectivity index (χ3n) is 3.03. The van der Waals surface area contributed by atoms with Crippen molar-refractivity contribution in [2.24, 2.45) is 5.41 Å². The number of anilines is 1. The predicted octanol–water partition coefficient (Wildman–Crippen LogP) is 2.48. The molecule has 0 unspecified atom stereocenters. The fraction of sp³-hybridized carbons (Fsp3) is 0.438. The maximum atomic E-state index is 12.0. The normalized spacial score (nSPS) is 11.3. The van der Waals surface area contributed by atoms with E-state index >= 15 is 0 Å². The average molecular weight is 334 g/mol. The number of rotatable bonds is 6. The van der Waals surface area contributed by atoms with Gasteiger partial charge in [0.1, 0.15) is 5.82 Å². The van der Waals surface area contributed by atoms with Crippen molar-refractivity contribution in [2.45, 2.75) is 33.7 Å². The Balaban J connectivity index is 1.84. The van der Waals surface area contributed by atoms with Crippen LogP contribution in [0.4, 0.5) is 5.82 Å². The van der Waals surface area contributed by atoms with Crippen molar-refractivity contribution >= 4 is 29.0 Å². The van der Waals surface area contributed by atoms with Gasteiger partial charge in [-0.1, -0.05) is 20.8 Å². The Morgan fingerprint density at radius 2 is 2.04 bits per heavy atom. The summed E-state index contributed by atoms with van der Waals surface area (Å²) < 4.78 is 1.72. The quantitative estimate of drug-likeness (QED) is 0.852. The summed E-state index contributed by atoms with van der Waals surface area (Å²) in [4.78, 5) is 23.7. The van der Waals surface area contributed by atoms with Crippen LogP contribution in [-0.2, 0) is 16.1 Å². The van der Waals surface area contributed by atoms with E-state index in [9.17, 15) is 9.59 Å². The zero-order valence-corrected chi connectivity index (χ0v) is 14.4. The van der Waals surface area contributed by atoms with Crippen LogP contribution in [0.1, 0.15) is 32.8 Å². The van der Waals surface area contributed by atoms with Crippen LogP contribution in [0.2, 0.25) is 0 Å². The molecule has 0 fully saturated rings. The van der Waals surface area contributed by atoms with Crippen LogP contribution in [-0.4, -0.2) is 28.1 Å². The summed E-state index contributed by atoms with van der Waals surface area (Å²) in [6.45, 7) is 6.50. The van der Waals surface area contributed by atoms with Gasteiger partial charge in [-0.15, -0.1) is 0 Å². The van der Waals surface area contributed by atoms with E-state index in [1.807, 2.05) is 37.6 Å².